The van der Waals surface area contributed by atoms with Crippen LogP contribution in [0, 0.1) is 0 Å². The zero-order valence-corrected chi connectivity index (χ0v) is 7.63. The molecule has 0 unspecified atom stereocenters. The Bertz CT molecular complexity index is 277. The average molecular weight is 199 g/mol. The maximum Gasteiger partial charge on any atom is 0.115 e. The van der Waals surface area contributed by atoms with E-state index in [0.29, 0.717) is 12.8 Å². The van der Waals surface area contributed by atoms with E-state index < -0.39 is 0 Å². The molecule has 78 valence electrons. The first-order valence-corrected chi connectivity index (χ1v) is 4.27. The van der Waals surface area contributed by atoms with Crippen LogP contribution in [-0.4, -0.2) is 27.5 Å². The van der Waals surface area contributed by atoms with Crippen molar-refractivity contribution in [3.05, 3.63) is 29.8 Å². The van der Waals surface area contributed by atoms with Crippen LogP contribution in [0.3, 0.4) is 0 Å². The summed E-state index contributed by atoms with van der Waals surface area (Å²) in [5.41, 5.74) is 0.982. The maximum atomic E-state index is 9.14. The summed E-state index contributed by atoms with van der Waals surface area (Å²) >= 11 is 0. The minimum Gasteiger partial charge on any atom is -0.508 e. The third kappa shape index (κ3) is 4.20. The molecule has 0 fully saturated rings. The number of hydrogen-bond donors (Lipinski definition) is 3. The van der Waals surface area contributed by atoms with E-state index in [1.807, 2.05) is 6.07 Å². The van der Waals surface area contributed by atoms with Crippen LogP contribution in [0.1, 0.15) is 12.0 Å². The van der Waals surface area contributed by atoms with E-state index in [9.17, 15) is 0 Å². The van der Waals surface area contributed by atoms with Crippen molar-refractivity contribution in [2.24, 2.45) is 0 Å². The minimum absolute atomic E-state index is 0.211. The molecule has 0 spiro atoms. The normalized spacial score (nSPS) is 10.8. The molecule has 0 aromatic heterocycles. The van der Waals surface area contributed by atoms with Crippen molar-refractivity contribution < 1.29 is 20.4 Å². The standard InChI is InChI=1S/C9H13NO4/c11-9-5-1-3-8(7-9)4-2-6-14-10(12)13/h1,3,5,7,11-13H,2,4,6H2. The Balaban J connectivity index is 2.25. The van der Waals surface area contributed by atoms with Crippen LogP contribution in [0.5, 0.6) is 5.75 Å². The van der Waals surface area contributed by atoms with Crippen molar-refractivity contribution in [2.45, 2.75) is 12.8 Å². The summed E-state index contributed by atoms with van der Waals surface area (Å²) in [6.07, 6.45) is 1.35. The number of benzene rings is 1. The van der Waals surface area contributed by atoms with Gasteiger partial charge in [-0.3, -0.25) is 15.3 Å². The number of aryl methyl sites for hydroxylation is 1. The molecule has 5 heteroatoms. The Morgan fingerprint density at radius 1 is 1.29 bits per heavy atom. The summed E-state index contributed by atoms with van der Waals surface area (Å²) in [4.78, 5) is 4.38. The van der Waals surface area contributed by atoms with Crippen molar-refractivity contribution in [1.29, 1.82) is 0 Å². The molecule has 0 saturated heterocycles. The second-order valence-corrected chi connectivity index (χ2v) is 2.86. The number of nitrogens with zero attached hydrogens (tertiary/aromatic N) is 1. The predicted octanol–water partition coefficient (Wildman–Crippen LogP) is 1.34. The van der Waals surface area contributed by atoms with Gasteiger partial charge in [-0.1, -0.05) is 12.1 Å². The molecule has 3 N–H and O–H groups in total. The lowest BCUT2D eigenvalue weighted by atomic mass is 10.1. The van der Waals surface area contributed by atoms with Crippen molar-refractivity contribution in [3.63, 3.8) is 0 Å². The van der Waals surface area contributed by atoms with Gasteiger partial charge < -0.3 is 5.11 Å². The third-order valence-electron chi connectivity index (χ3n) is 1.73. The second-order valence-electron chi connectivity index (χ2n) is 2.86. The van der Waals surface area contributed by atoms with Gasteiger partial charge in [0, 0.05) is 0 Å². The quantitative estimate of drug-likeness (QED) is 0.493. The molecule has 0 aliphatic carbocycles. The van der Waals surface area contributed by atoms with Gasteiger partial charge in [-0.2, -0.15) is 0 Å². The first kappa shape index (κ1) is 10.9. The molecule has 0 atom stereocenters. The fourth-order valence-corrected chi connectivity index (χ4v) is 1.13. The van der Waals surface area contributed by atoms with Gasteiger partial charge in [0.15, 0.2) is 0 Å². The van der Waals surface area contributed by atoms with Crippen LogP contribution < -0.4 is 0 Å². The van der Waals surface area contributed by atoms with Crippen molar-refractivity contribution >= 4 is 0 Å². The highest BCUT2D eigenvalue weighted by Gasteiger charge is 1.97. The van der Waals surface area contributed by atoms with Crippen LogP contribution >= 0.6 is 0 Å². The van der Waals surface area contributed by atoms with Crippen LogP contribution in [-0.2, 0) is 11.3 Å². The Kier molecular flexibility index (Phi) is 4.34. The van der Waals surface area contributed by atoms with Crippen molar-refractivity contribution in [1.82, 2.24) is 5.39 Å². The highest BCUT2D eigenvalue weighted by Crippen LogP contribution is 2.12. The van der Waals surface area contributed by atoms with E-state index in [-0.39, 0.29) is 17.7 Å². The molecule has 14 heavy (non-hydrogen) atoms. The van der Waals surface area contributed by atoms with Gasteiger partial charge in [0.05, 0.1) is 12.0 Å². The molecule has 5 nitrogen and oxygen atoms in total. The summed E-state index contributed by atoms with van der Waals surface area (Å²) in [7, 11) is 0. The van der Waals surface area contributed by atoms with E-state index in [1.165, 1.54) is 0 Å². The van der Waals surface area contributed by atoms with E-state index in [4.69, 9.17) is 15.5 Å². The number of phenols is 1. The minimum atomic E-state index is -0.303. The maximum absolute atomic E-state index is 9.14. The van der Waals surface area contributed by atoms with Crippen LogP contribution in [0.15, 0.2) is 24.3 Å². The number of rotatable bonds is 5. The van der Waals surface area contributed by atoms with E-state index in [0.717, 1.165) is 5.56 Å². The van der Waals surface area contributed by atoms with Crippen LogP contribution in [0.4, 0.5) is 0 Å². The van der Waals surface area contributed by atoms with Crippen LogP contribution in [0.25, 0.3) is 0 Å². The first-order valence-electron chi connectivity index (χ1n) is 4.27. The third-order valence-corrected chi connectivity index (χ3v) is 1.73. The molecule has 0 bridgehead atoms. The zero-order valence-electron chi connectivity index (χ0n) is 7.63. The van der Waals surface area contributed by atoms with Crippen molar-refractivity contribution in [3.8, 4) is 5.75 Å². The number of aromatic hydroxyl groups is 1. The summed E-state index contributed by atoms with van der Waals surface area (Å²) in [5.74, 6) is 0.231. The molecule has 0 saturated carbocycles. The molecule has 0 heterocycles. The summed E-state index contributed by atoms with van der Waals surface area (Å²) in [5, 5.41) is 25.3. The molecule has 1 rings (SSSR count). The molecular formula is C9H13NO4. The van der Waals surface area contributed by atoms with Gasteiger partial charge in [0.2, 0.25) is 0 Å². The largest absolute Gasteiger partial charge is 0.508 e. The van der Waals surface area contributed by atoms with E-state index in [1.54, 1.807) is 18.2 Å². The average Bonchev–Trinajstić information content (AvgIpc) is 2.12. The predicted molar refractivity (Wildman–Crippen MR) is 47.8 cm³/mol. The molecule has 1 aromatic carbocycles. The SMILES string of the molecule is Oc1cccc(CCCON(O)O)c1. The lowest BCUT2D eigenvalue weighted by molar-refractivity contribution is -0.492. The summed E-state index contributed by atoms with van der Waals surface area (Å²) in [6.45, 7) is 0.211. The summed E-state index contributed by atoms with van der Waals surface area (Å²) in [6, 6.07) is 6.91. The van der Waals surface area contributed by atoms with E-state index >= 15 is 0 Å². The first-order chi connectivity index (χ1) is 6.68. The highest BCUT2D eigenvalue weighted by molar-refractivity contribution is 5.27. The van der Waals surface area contributed by atoms with E-state index in [2.05, 4.69) is 4.84 Å². The fraction of sp³-hybridized carbons (Fsp3) is 0.333. The van der Waals surface area contributed by atoms with Gasteiger partial charge in [0.1, 0.15) is 5.75 Å². The fourth-order valence-electron chi connectivity index (χ4n) is 1.13. The molecule has 0 aliphatic heterocycles. The van der Waals surface area contributed by atoms with Gasteiger partial charge in [-0.15, -0.1) is 0 Å². The van der Waals surface area contributed by atoms with Gasteiger partial charge in [-0.05, 0) is 30.5 Å². The smallest absolute Gasteiger partial charge is 0.115 e. The number of hydrogen-bond acceptors (Lipinski definition) is 5. The molecule has 1 aromatic rings. The Labute approximate surface area is 81.6 Å². The molecule has 0 radical (unpaired) electrons. The second kappa shape index (κ2) is 5.56. The Hall–Kier alpha value is -1.14. The Morgan fingerprint density at radius 2 is 2.07 bits per heavy atom. The zero-order chi connectivity index (χ0) is 10.4. The number of phenolic OH excluding ortho intramolecular Hbond substituents is 1. The van der Waals surface area contributed by atoms with Crippen molar-refractivity contribution in [2.75, 3.05) is 6.61 Å². The lowest BCUT2D eigenvalue weighted by Gasteiger charge is -2.05. The molecular weight excluding hydrogens is 186 g/mol. The Morgan fingerprint density at radius 3 is 2.71 bits per heavy atom. The topological polar surface area (TPSA) is 73.2 Å². The molecule has 0 aliphatic rings. The van der Waals surface area contributed by atoms with Gasteiger partial charge >= 0.3 is 0 Å². The lowest BCUT2D eigenvalue weighted by Crippen LogP contribution is -2.15. The molecule has 0 amide bonds. The highest BCUT2D eigenvalue weighted by atomic mass is 17.1. The monoisotopic (exact) mass is 199 g/mol. The van der Waals surface area contributed by atoms with Crippen LogP contribution in [0.2, 0.25) is 0 Å². The van der Waals surface area contributed by atoms with Gasteiger partial charge in [0.25, 0.3) is 0 Å². The van der Waals surface area contributed by atoms with Gasteiger partial charge in [-0.25, -0.2) is 0 Å². The summed E-state index contributed by atoms with van der Waals surface area (Å²) < 4.78 is 0.